The molecule has 1 aromatic carbocycles. The molecule has 1 aromatic heterocycles. The van der Waals surface area contributed by atoms with Gasteiger partial charge in [-0.05, 0) is 38.0 Å². The summed E-state index contributed by atoms with van der Waals surface area (Å²) in [6.45, 7) is 6.37. The van der Waals surface area contributed by atoms with Crippen LogP contribution in [0.2, 0.25) is 0 Å². The number of nitrogens with one attached hydrogen (secondary N) is 1. The SMILES string of the molecule is CN(Cc1ccccc1)Cc1cc(C(=O)NC[C@]2(C)CCN(C)C2)no1. The van der Waals surface area contributed by atoms with E-state index in [0.29, 0.717) is 24.5 Å². The zero-order valence-corrected chi connectivity index (χ0v) is 15.9. The molecule has 0 bridgehead atoms. The van der Waals surface area contributed by atoms with Gasteiger partial charge < -0.3 is 14.7 Å². The van der Waals surface area contributed by atoms with Crippen molar-refractivity contribution in [3.05, 3.63) is 53.4 Å². The van der Waals surface area contributed by atoms with Crippen LogP contribution in [0, 0.1) is 5.41 Å². The van der Waals surface area contributed by atoms with E-state index in [4.69, 9.17) is 4.52 Å². The number of nitrogens with zero attached hydrogens (tertiary/aromatic N) is 3. The molecule has 1 atom stereocenters. The van der Waals surface area contributed by atoms with E-state index in [1.807, 2.05) is 25.2 Å². The number of benzene rings is 1. The normalized spacial score (nSPS) is 20.6. The van der Waals surface area contributed by atoms with Gasteiger partial charge in [0.05, 0.1) is 6.54 Å². The molecule has 6 heteroatoms. The molecule has 140 valence electrons. The second kappa shape index (κ2) is 8.01. The minimum atomic E-state index is -0.165. The summed E-state index contributed by atoms with van der Waals surface area (Å²) in [5.41, 5.74) is 1.72. The lowest BCUT2D eigenvalue weighted by atomic mass is 9.90. The molecule has 3 rings (SSSR count). The maximum absolute atomic E-state index is 12.4. The molecule has 1 N–H and O–H groups in total. The van der Waals surface area contributed by atoms with Crippen molar-refractivity contribution in [2.45, 2.75) is 26.4 Å². The van der Waals surface area contributed by atoms with Crippen molar-refractivity contribution in [2.24, 2.45) is 5.41 Å². The topological polar surface area (TPSA) is 61.6 Å². The van der Waals surface area contributed by atoms with Crippen LogP contribution in [0.4, 0.5) is 0 Å². The summed E-state index contributed by atoms with van der Waals surface area (Å²) in [5, 5.41) is 6.94. The lowest BCUT2D eigenvalue weighted by Crippen LogP contribution is -2.37. The molecule has 1 saturated heterocycles. The number of carbonyl (C=O) groups is 1. The van der Waals surface area contributed by atoms with Crippen molar-refractivity contribution < 1.29 is 9.32 Å². The van der Waals surface area contributed by atoms with Crippen molar-refractivity contribution >= 4 is 5.91 Å². The lowest BCUT2D eigenvalue weighted by Gasteiger charge is -2.23. The molecule has 0 unspecified atom stereocenters. The number of aromatic nitrogens is 1. The first-order valence-electron chi connectivity index (χ1n) is 9.08. The van der Waals surface area contributed by atoms with Gasteiger partial charge in [0.1, 0.15) is 0 Å². The van der Waals surface area contributed by atoms with Crippen molar-refractivity contribution in [2.75, 3.05) is 33.7 Å². The van der Waals surface area contributed by atoms with E-state index in [9.17, 15) is 4.79 Å². The maximum atomic E-state index is 12.4. The molecule has 0 radical (unpaired) electrons. The van der Waals surface area contributed by atoms with Crippen LogP contribution in [-0.2, 0) is 13.1 Å². The van der Waals surface area contributed by atoms with E-state index in [1.165, 1.54) is 5.56 Å². The number of amides is 1. The Morgan fingerprint density at radius 3 is 2.81 bits per heavy atom. The minimum absolute atomic E-state index is 0.132. The minimum Gasteiger partial charge on any atom is -0.359 e. The smallest absolute Gasteiger partial charge is 0.273 e. The number of rotatable bonds is 7. The van der Waals surface area contributed by atoms with Gasteiger partial charge in [-0.3, -0.25) is 9.69 Å². The lowest BCUT2D eigenvalue weighted by molar-refractivity contribution is 0.0925. The predicted octanol–water partition coefficient (Wildman–Crippen LogP) is 2.38. The molecule has 1 aliphatic heterocycles. The van der Waals surface area contributed by atoms with Crippen LogP contribution >= 0.6 is 0 Å². The average molecular weight is 356 g/mol. The van der Waals surface area contributed by atoms with Crippen LogP contribution in [0.1, 0.15) is 35.2 Å². The standard InChI is InChI=1S/C20H28N4O2/c1-20(9-10-23(2)15-20)14-21-19(25)18-11-17(26-22-18)13-24(3)12-16-7-5-4-6-8-16/h4-8,11H,9-10,12-15H2,1-3H3,(H,21,25)/t20-/m0/s1. The molecule has 1 amide bonds. The molecule has 0 saturated carbocycles. The van der Waals surface area contributed by atoms with Gasteiger partial charge in [-0.25, -0.2) is 0 Å². The Morgan fingerprint density at radius 2 is 2.12 bits per heavy atom. The number of hydrogen-bond donors (Lipinski definition) is 1. The van der Waals surface area contributed by atoms with Crippen LogP contribution in [-0.4, -0.2) is 54.6 Å². The Morgan fingerprint density at radius 1 is 1.35 bits per heavy atom. The van der Waals surface area contributed by atoms with Crippen LogP contribution in [0.3, 0.4) is 0 Å². The van der Waals surface area contributed by atoms with Gasteiger partial charge in [-0.1, -0.05) is 42.4 Å². The molecular weight excluding hydrogens is 328 g/mol. The predicted molar refractivity (Wildman–Crippen MR) is 101 cm³/mol. The highest BCUT2D eigenvalue weighted by molar-refractivity contribution is 5.92. The van der Waals surface area contributed by atoms with E-state index in [-0.39, 0.29) is 11.3 Å². The van der Waals surface area contributed by atoms with Crippen molar-refractivity contribution in [3.63, 3.8) is 0 Å². The Kier molecular flexibility index (Phi) is 5.74. The molecular formula is C20H28N4O2. The fraction of sp³-hybridized carbons (Fsp3) is 0.500. The van der Waals surface area contributed by atoms with Crippen LogP contribution in [0.25, 0.3) is 0 Å². The summed E-state index contributed by atoms with van der Waals surface area (Å²) in [5.74, 6) is 0.530. The van der Waals surface area contributed by atoms with E-state index >= 15 is 0 Å². The van der Waals surface area contributed by atoms with E-state index in [2.05, 4.69) is 46.4 Å². The van der Waals surface area contributed by atoms with Crippen molar-refractivity contribution in [1.29, 1.82) is 0 Å². The fourth-order valence-corrected chi connectivity index (χ4v) is 3.51. The third-order valence-corrected chi connectivity index (χ3v) is 4.94. The number of likely N-dealkylation sites (tertiary alicyclic amines) is 1. The second-order valence-corrected chi connectivity index (χ2v) is 7.82. The summed E-state index contributed by atoms with van der Waals surface area (Å²) in [6, 6.07) is 12.0. The number of carbonyl (C=O) groups excluding carboxylic acids is 1. The zero-order valence-electron chi connectivity index (χ0n) is 15.9. The van der Waals surface area contributed by atoms with E-state index in [1.54, 1.807) is 6.07 Å². The first-order chi connectivity index (χ1) is 12.4. The van der Waals surface area contributed by atoms with Crippen LogP contribution in [0.5, 0.6) is 0 Å². The Labute approximate surface area is 155 Å². The third kappa shape index (κ3) is 4.93. The molecule has 2 heterocycles. The third-order valence-electron chi connectivity index (χ3n) is 4.94. The highest BCUT2D eigenvalue weighted by Crippen LogP contribution is 2.27. The van der Waals surface area contributed by atoms with Gasteiger partial charge in [0.2, 0.25) is 0 Å². The van der Waals surface area contributed by atoms with Crippen LogP contribution < -0.4 is 5.32 Å². The molecule has 0 spiro atoms. The van der Waals surface area contributed by atoms with Gasteiger partial charge in [-0.2, -0.15) is 0 Å². The quantitative estimate of drug-likeness (QED) is 0.825. The molecule has 26 heavy (non-hydrogen) atoms. The first kappa shape index (κ1) is 18.6. The zero-order chi connectivity index (χ0) is 18.6. The average Bonchev–Trinajstić information content (AvgIpc) is 3.20. The number of hydrogen-bond acceptors (Lipinski definition) is 5. The van der Waals surface area contributed by atoms with Crippen LogP contribution in [0.15, 0.2) is 40.9 Å². The fourth-order valence-electron chi connectivity index (χ4n) is 3.51. The van der Waals surface area contributed by atoms with Crippen molar-refractivity contribution in [1.82, 2.24) is 20.3 Å². The Hall–Kier alpha value is -2.18. The summed E-state index contributed by atoms with van der Waals surface area (Å²) >= 11 is 0. The summed E-state index contributed by atoms with van der Waals surface area (Å²) in [7, 11) is 4.13. The Bertz CT molecular complexity index is 730. The highest BCUT2D eigenvalue weighted by Gasteiger charge is 2.32. The molecule has 2 aromatic rings. The van der Waals surface area contributed by atoms with Gasteiger partial charge in [0.15, 0.2) is 11.5 Å². The van der Waals surface area contributed by atoms with Gasteiger partial charge in [0.25, 0.3) is 5.91 Å². The summed E-state index contributed by atoms with van der Waals surface area (Å²) in [6.07, 6.45) is 1.10. The van der Waals surface area contributed by atoms with Gasteiger partial charge in [-0.15, -0.1) is 0 Å². The summed E-state index contributed by atoms with van der Waals surface area (Å²) in [4.78, 5) is 16.8. The summed E-state index contributed by atoms with van der Waals surface area (Å²) < 4.78 is 5.35. The first-order valence-corrected chi connectivity index (χ1v) is 9.08. The highest BCUT2D eigenvalue weighted by atomic mass is 16.5. The second-order valence-electron chi connectivity index (χ2n) is 7.82. The van der Waals surface area contributed by atoms with Gasteiger partial charge in [0, 0.05) is 25.7 Å². The maximum Gasteiger partial charge on any atom is 0.273 e. The molecule has 0 aliphatic carbocycles. The molecule has 1 fully saturated rings. The van der Waals surface area contributed by atoms with E-state index in [0.717, 1.165) is 26.1 Å². The molecule has 6 nitrogen and oxygen atoms in total. The monoisotopic (exact) mass is 356 g/mol. The van der Waals surface area contributed by atoms with Gasteiger partial charge >= 0.3 is 0 Å². The molecule has 1 aliphatic rings. The van der Waals surface area contributed by atoms with Crippen molar-refractivity contribution in [3.8, 4) is 0 Å². The van der Waals surface area contributed by atoms with E-state index < -0.39 is 0 Å². The largest absolute Gasteiger partial charge is 0.359 e. The Balaban J connectivity index is 1.50.